The monoisotopic (exact) mass is 218 g/mol. The van der Waals surface area contributed by atoms with Crippen molar-refractivity contribution in [2.75, 3.05) is 0 Å². The van der Waals surface area contributed by atoms with Gasteiger partial charge >= 0.3 is 5.97 Å². The van der Waals surface area contributed by atoms with Crippen LogP contribution in [0.15, 0.2) is 23.4 Å². The van der Waals surface area contributed by atoms with Crippen LogP contribution < -0.4 is 4.72 Å². The number of aromatic nitrogens is 1. The lowest BCUT2D eigenvalue weighted by molar-refractivity contribution is -0.138. The standard InChI is InChI=1S/C7H10N2O4S/c1-5(7(10)11)9-14(12,13)6-2-3-8-4-6/h2-5,8-9H,1H3,(H,10,11). The van der Waals surface area contributed by atoms with E-state index in [-0.39, 0.29) is 4.90 Å². The Labute approximate surface area is 81.0 Å². The molecule has 0 fully saturated rings. The van der Waals surface area contributed by atoms with Crippen LogP contribution in [0.4, 0.5) is 0 Å². The molecule has 14 heavy (non-hydrogen) atoms. The normalized spacial score (nSPS) is 13.8. The molecule has 1 heterocycles. The minimum Gasteiger partial charge on any atom is -0.480 e. The molecule has 6 nitrogen and oxygen atoms in total. The number of carboxylic acids is 1. The molecule has 1 atom stereocenters. The number of rotatable bonds is 4. The summed E-state index contributed by atoms with van der Waals surface area (Å²) in [6, 6.07) is 0.201. The maximum absolute atomic E-state index is 11.4. The molecule has 7 heteroatoms. The van der Waals surface area contributed by atoms with E-state index in [2.05, 4.69) is 4.98 Å². The van der Waals surface area contributed by atoms with Gasteiger partial charge in [0.15, 0.2) is 0 Å². The molecular weight excluding hydrogens is 208 g/mol. The van der Waals surface area contributed by atoms with Crippen LogP contribution in [0, 0.1) is 0 Å². The number of carbonyl (C=O) groups is 1. The second kappa shape index (κ2) is 3.81. The van der Waals surface area contributed by atoms with E-state index in [1.54, 1.807) is 0 Å². The third kappa shape index (κ3) is 2.33. The fraction of sp³-hybridized carbons (Fsp3) is 0.286. The van der Waals surface area contributed by atoms with Crippen molar-refractivity contribution in [1.82, 2.24) is 9.71 Å². The smallest absolute Gasteiger partial charge is 0.321 e. The Morgan fingerprint density at radius 2 is 2.29 bits per heavy atom. The molecule has 1 aromatic heterocycles. The summed E-state index contributed by atoms with van der Waals surface area (Å²) < 4.78 is 24.8. The van der Waals surface area contributed by atoms with Gasteiger partial charge in [-0.25, -0.2) is 8.42 Å². The summed E-state index contributed by atoms with van der Waals surface area (Å²) in [4.78, 5) is 13.0. The van der Waals surface area contributed by atoms with Gasteiger partial charge in [-0.3, -0.25) is 4.79 Å². The maximum atomic E-state index is 11.4. The minimum atomic E-state index is -3.72. The van der Waals surface area contributed by atoms with Gasteiger partial charge in [0.2, 0.25) is 10.0 Å². The average molecular weight is 218 g/mol. The van der Waals surface area contributed by atoms with Gasteiger partial charge in [0, 0.05) is 12.4 Å². The highest BCUT2D eigenvalue weighted by atomic mass is 32.2. The second-order valence-corrected chi connectivity index (χ2v) is 4.44. The molecule has 1 unspecified atom stereocenters. The van der Waals surface area contributed by atoms with Crippen molar-refractivity contribution in [2.45, 2.75) is 17.9 Å². The summed E-state index contributed by atoms with van der Waals surface area (Å²) in [7, 11) is -3.72. The zero-order valence-corrected chi connectivity index (χ0v) is 8.21. The molecule has 0 radical (unpaired) electrons. The predicted octanol–water partition coefficient (Wildman–Crippen LogP) is -0.234. The average Bonchev–Trinajstić information content (AvgIpc) is 2.54. The van der Waals surface area contributed by atoms with Gasteiger partial charge in [0.1, 0.15) is 6.04 Å². The number of hydrogen-bond acceptors (Lipinski definition) is 3. The maximum Gasteiger partial charge on any atom is 0.321 e. The first-order valence-corrected chi connectivity index (χ1v) is 5.30. The molecule has 0 amide bonds. The van der Waals surface area contributed by atoms with Gasteiger partial charge in [-0.2, -0.15) is 4.72 Å². The molecule has 0 aliphatic heterocycles. The Morgan fingerprint density at radius 3 is 2.71 bits per heavy atom. The van der Waals surface area contributed by atoms with Crippen molar-refractivity contribution in [2.24, 2.45) is 0 Å². The van der Waals surface area contributed by atoms with Crippen LogP contribution in [0.25, 0.3) is 0 Å². The Morgan fingerprint density at radius 1 is 1.64 bits per heavy atom. The number of H-pyrrole nitrogens is 1. The van der Waals surface area contributed by atoms with Crippen molar-refractivity contribution in [3.63, 3.8) is 0 Å². The van der Waals surface area contributed by atoms with Crippen molar-refractivity contribution in [3.8, 4) is 0 Å². The van der Waals surface area contributed by atoms with Crippen molar-refractivity contribution < 1.29 is 18.3 Å². The van der Waals surface area contributed by atoms with Crippen LogP contribution in [0.1, 0.15) is 6.92 Å². The van der Waals surface area contributed by atoms with Crippen LogP contribution in [-0.2, 0) is 14.8 Å². The highest BCUT2D eigenvalue weighted by Gasteiger charge is 2.21. The fourth-order valence-corrected chi connectivity index (χ4v) is 2.00. The molecule has 1 aromatic rings. The van der Waals surface area contributed by atoms with Gasteiger partial charge in [-0.05, 0) is 13.0 Å². The molecule has 1 rings (SSSR count). The summed E-state index contributed by atoms with van der Waals surface area (Å²) >= 11 is 0. The lowest BCUT2D eigenvalue weighted by Crippen LogP contribution is -2.38. The van der Waals surface area contributed by atoms with E-state index in [1.807, 2.05) is 4.72 Å². The molecular formula is C7H10N2O4S. The number of carboxylic acid groups (broad SMARTS) is 1. The Bertz CT molecular complexity index is 409. The molecule has 0 aliphatic carbocycles. The van der Waals surface area contributed by atoms with E-state index in [0.29, 0.717) is 0 Å². The molecule has 0 saturated heterocycles. The van der Waals surface area contributed by atoms with Gasteiger partial charge < -0.3 is 10.1 Å². The minimum absolute atomic E-state index is 0.0191. The largest absolute Gasteiger partial charge is 0.480 e. The van der Waals surface area contributed by atoms with Crippen molar-refractivity contribution in [1.29, 1.82) is 0 Å². The van der Waals surface area contributed by atoms with E-state index in [0.717, 1.165) is 0 Å². The van der Waals surface area contributed by atoms with Gasteiger partial charge in [0.25, 0.3) is 0 Å². The zero-order chi connectivity index (χ0) is 10.8. The first kappa shape index (κ1) is 10.7. The van der Waals surface area contributed by atoms with E-state index >= 15 is 0 Å². The molecule has 0 aromatic carbocycles. The zero-order valence-electron chi connectivity index (χ0n) is 7.39. The lowest BCUT2D eigenvalue weighted by Gasteiger charge is -2.08. The number of nitrogens with one attached hydrogen (secondary N) is 2. The summed E-state index contributed by atoms with van der Waals surface area (Å²) in [6.07, 6.45) is 2.72. The quantitative estimate of drug-likeness (QED) is 0.649. The Hall–Kier alpha value is -1.34. The van der Waals surface area contributed by atoms with Crippen LogP contribution in [0.5, 0.6) is 0 Å². The summed E-state index contributed by atoms with van der Waals surface area (Å²) in [5.41, 5.74) is 0. The van der Waals surface area contributed by atoms with Crippen molar-refractivity contribution in [3.05, 3.63) is 18.5 Å². The fourth-order valence-electron chi connectivity index (χ4n) is 0.827. The van der Waals surface area contributed by atoms with Crippen LogP contribution in [0.2, 0.25) is 0 Å². The Balaban J connectivity index is 2.84. The number of hydrogen-bond donors (Lipinski definition) is 3. The van der Waals surface area contributed by atoms with Gasteiger partial charge in [0.05, 0.1) is 4.90 Å². The van der Waals surface area contributed by atoms with E-state index in [9.17, 15) is 13.2 Å². The lowest BCUT2D eigenvalue weighted by atomic mass is 10.4. The first-order valence-electron chi connectivity index (χ1n) is 3.81. The third-order valence-corrected chi connectivity index (χ3v) is 3.12. The van der Waals surface area contributed by atoms with Crippen LogP contribution in [-0.4, -0.2) is 30.5 Å². The van der Waals surface area contributed by atoms with Gasteiger partial charge in [-0.1, -0.05) is 0 Å². The SMILES string of the molecule is CC(NS(=O)(=O)c1cc[nH]c1)C(=O)O. The van der Waals surface area contributed by atoms with Crippen LogP contribution in [0.3, 0.4) is 0 Å². The highest BCUT2D eigenvalue weighted by Crippen LogP contribution is 2.06. The molecule has 3 N–H and O–H groups in total. The number of sulfonamides is 1. The highest BCUT2D eigenvalue weighted by molar-refractivity contribution is 7.89. The first-order chi connectivity index (χ1) is 6.43. The molecule has 0 saturated carbocycles. The molecule has 0 aliphatic rings. The van der Waals surface area contributed by atoms with Crippen LogP contribution >= 0.6 is 0 Å². The topological polar surface area (TPSA) is 99.3 Å². The number of aromatic amines is 1. The predicted molar refractivity (Wildman–Crippen MR) is 48.2 cm³/mol. The van der Waals surface area contributed by atoms with E-state index in [1.165, 1.54) is 25.4 Å². The Kier molecular flexibility index (Phi) is 2.92. The third-order valence-electron chi connectivity index (χ3n) is 1.58. The number of aliphatic carboxylic acids is 1. The molecule has 0 spiro atoms. The van der Waals surface area contributed by atoms with Crippen molar-refractivity contribution >= 4 is 16.0 Å². The van der Waals surface area contributed by atoms with E-state index in [4.69, 9.17) is 5.11 Å². The molecule has 78 valence electrons. The van der Waals surface area contributed by atoms with Gasteiger partial charge in [-0.15, -0.1) is 0 Å². The molecule has 0 bridgehead atoms. The summed E-state index contributed by atoms with van der Waals surface area (Å²) in [6.45, 7) is 1.26. The van der Waals surface area contributed by atoms with E-state index < -0.39 is 22.0 Å². The second-order valence-electron chi connectivity index (χ2n) is 2.73. The summed E-state index contributed by atoms with van der Waals surface area (Å²) in [5.74, 6) is -1.22. The summed E-state index contributed by atoms with van der Waals surface area (Å²) in [5, 5.41) is 8.51.